The molecule has 0 unspecified atom stereocenters. The highest BCUT2D eigenvalue weighted by Gasteiger charge is 2.54. The maximum atomic E-state index is 6.27. The zero-order valence-corrected chi connectivity index (χ0v) is 19.6. The van der Waals surface area contributed by atoms with Gasteiger partial charge in [-0.05, 0) is 87.2 Å². The molecule has 3 aliphatic carbocycles. The minimum Gasteiger partial charge on any atom is -0.544 e. The van der Waals surface area contributed by atoms with Crippen LogP contribution < -0.4 is 4.43 Å². The van der Waals surface area contributed by atoms with Crippen molar-refractivity contribution in [2.24, 2.45) is 27.6 Å². The Labute approximate surface area is 175 Å². The molecule has 4 rings (SSSR count). The number of hydrogen-bond acceptors (Lipinski definition) is 5. The number of hydrogen-bond donors (Lipinski definition) is 0. The molecule has 0 aromatic heterocycles. The van der Waals surface area contributed by atoms with E-state index in [4.69, 9.17) is 14.1 Å². The molecule has 158 valence electrons. The molecule has 2 fully saturated rings. The topological polar surface area (TPSA) is 52.4 Å². The van der Waals surface area contributed by atoms with Gasteiger partial charge >= 0.3 is 0 Å². The highest BCUT2D eigenvalue weighted by atomic mass is 28.4. The zero-order chi connectivity index (χ0) is 20.8. The van der Waals surface area contributed by atoms with Crippen LogP contribution in [0, 0.1) is 17.3 Å². The second-order valence-electron chi connectivity index (χ2n) is 9.98. The molecule has 3 aliphatic rings. The standard InChI is InChI=1S/C23H34N2O3Si/c1-23-12-11-17-16-8-7-15(28-29(4,5)6)13-19(16)21(24-26-2)14-18(17)20(23)9-10-22(23)25-27-3/h7-8,13,17-18,20H,9-12,14H2,1-6H3/b24-21-,25-22+/t17-,18-,20+,23+/m1/s1. The minimum atomic E-state index is -1.66. The van der Waals surface area contributed by atoms with Gasteiger partial charge in [-0.15, -0.1) is 0 Å². The van der Waals surface area contributed by atoms with Crippen LogP contribution in [-0.4, -0.2) is 34.0 Å². The lowest BCUT2D eigenvalue weighted by molar-refractivity contribution is 0.105. The highest BCUT2D eigenvalue weighted by Crippen LogP contribution is 2.60. The fourth-order valence-corrected chi connectivity index (χ4v) is 6.90. The molecule has 1 aromatic rings. The van der Waals surface area contributed by atoms with Crippen LogP contribution >= 0.6 is 0 Å². The van der Waals surface area contributed by atoms with Gasteiger partial charge in [0.25, 0.3) is 0 Å². The first-order valence-electron chi connectivity index (χ1n) is 10.8. The molecule has 4 atom stereocenters. The third-order valence-corrected chi connectivity index (χ3v) is 8.02. The van der Waals surface area contributed by atoms with Crippen molar-refractivity contribution in [1.29, 1.82) is 0 Å². The predicted molar refractivity (Wildman–Crippen MR) is 119 cm³/mol. The molecule has 6 heteroatoms. The van der Waals surface area contributed by atoms with Crippen molar-refractivity contribution in [3.63, 3.8) is 0 Å². The van der Waals surface area contributed by atoms with Gasteiger partial charge < -0.3 is 14.1 Å². The largest absolute Gasteiger partial charge is 0.544 e. The number of benzene rings is 1. The van der Waals surface area contributed by atoms with E-state index in [-0.39, 0.29) is 5.41 Å². The number of nitrogens with zero attached hydrogens (tertiary/aromatic N) is 2. The summed E-state index contributed by atoms with van der Waals surface area (Å²) in [6.07, 6.45) is 5.55. The van der Waals surface area contributed by atoms with Crippen molar-refractivity contribution in [1.82, 2.24) is 0 Å². The van der Waals surface area contributed by atoms with Crippen molar-refractivity contribution < 1.29 is 14.1 Å². The molecule has 0 spiro atoms. The summed E-state index contributed by atoms with van der Waals surface area (Å²) in [5, 5.41) is 8.88. The Kier molecular flexibility index (Phi) is 5.26. The van der Waals surface area contributed by atoms with E-state index in [1.54, 1.807) is 14.2 Å². The van der Waals surface area contributed by atoms with Gasteiger partial charge in [0.2, 0.25) is 8.32 Å². The van der Waals surface area contributed by atoms with Crippen molar-refractivity contribution in [2.75, 3.05) is 14.2 Å². The van der Waals surface area contributed by atoms with Crippen LogP contribution in [0.15, 0.2) is 28.5 Å². The first-order chi connectivity index (χ1) is 13.8. The molecule has 1 aromatic carbocycles. The third kappa shape index (κ3) is 3.60. The van der Waals surface area contributed by atoms with E-state index in [1.165, 1.54) is 36.1 Å². The molecule has 2 saturated carbocycles. The second-order valence-corrected chi connectivity index (χ2v) is 14.4. The molecule has 29 heavy (non-hydrogen) atoms. The second kappa shape index (κ2) is 7.46. The minimum absolute atomic E-state index is 0.147. The van der Waals surface area contributed by atoms with Gasteiger partial charge in [-0.25, -0.2) is 0 Å². The SMILES string of the molecule is CO/N=C1/C[C@@H]2[C@H](CC[C@]3(C)/C(=N/OC)CC[C@@H]23)c2ccc(O[Si](C)(C)C)cc21. The monoisotopic (exact) mass is 414 g/mol. The Morgan fingerprint density at radius 2 is 1.83 bits per heavy atom. The van der Waals surface area contributed by atoms with E-state index in [2.05, 4.69) is 55.1 Å². The van der Waals surface area contributed by atoms with E-state index in [1.807, 2.05) is 0 Å². The van der Waals surface area contributed by atoms with Crippen LogP contribution in [0.4, 0.5) is 0 Å². The normalized spacial score (nSPS) is 33.8. The Bertz CT molecular complexity index is 845. The van der Waals surface area contributed by atoms with Gasteiger partial charge in [0.05, 0.1) is 11.4 Å². The van der Waals surface area contributed by atoms with Crippen molar-refractivity contribution in [3.05, 3.63) is 29.3 Å². The maximum Gasteiger partial charge on any atom is 0.242 e. The Morgan fingerprint density at radius 3 is 2.52 bits per heavy atom. The van der Waals surface area contributed by atoms with Crippen molar-refractivity contribution >= 4 is 19.7 Å². The smallest absolute Gasteiger partial charge is 0.242 e. The van der Waals surface area contributed by atoms with Gasteiger partial charge in [0.1, 0.15) is 20.0 Å². The molecular weight excluding hydrogens is 380 g/mol. The first kappa shape index (κ1) is 20.4. The molecule has 0 saturated heterocycles. The summed E-state index contributed by atoms with van der Waals surface area (Å²) < 4.78 is 6.27. The van der Waals surface area contributed by atoms with E-state index >= 15 is 0 Å². The van der Waals surface area contributed by atoms with Crippen LogP contribution in [-0.2, 0) is 9.68 Å². The molecule has 0 heterocycles. The summed E-state index contributed by atoms with van der Waals surface area (Å²) in [6.45, 7) is 9.04. The summed E-state index contributed by atoms with van der Waals surface area (Å²) in [5.74, 6) is 2.72. The van der Waals surface area contributed by atoms with Crippen molar-refractivity contribution in [3.8, 4) is 5.75 Å². The summed E-state index contributed by atoms with van der Waals surface area (Å²) in [5.41, 5.74) is 5.09. The summed E-state index contributed by atoms with van der Waals surface area (Å²) in [7, 11) is 1.65. The average Bonchev–Trinajstić information content (AvgIpc) is 2.98. The van der Waals surface area contributed by atoms with Gasteiger partial charge in [0, 0.05) is 11.0 Å². The Hall–Kier alpha value is -1.82. The van der Waals surface area contributed by atoms with E-state index in [9.17, 15) is 0 Å². The van der Waals surface area contributed by atoms with Crippen LogP contribution in [0.5, 0.6) is 5.75 Å². The summed E-state index contributed by atoms with van der Waals surface area (Å²) >= 11 is 0. The van der Waals surface area contributed by atoms with E-state index < -0.39 is 8.32 Å². The van der Waals surface area contributed by atoms with E-state index in [0.29, 0.717) is 17.8 Å². The zero-order valence-electron chi connectivity index (χ0n) is 18.6. The van der Waals surface area contributed by atoms with Gasteiger partial charge in [-0.1, -0.05) is 23.3 Å². The van der Waals surface area contributed by atoms with Crippen LogP contribution in [0.25, 0.3) is 0 Å². The highest BCUT2D eigenvalue weighted by molar-refractivity contribution is 6.70. The lowest BCUT2D eigenvalue weighted by Crippen LogP contribution is -2.43. The average molecular weight is 415 g/mol. The molecule has 0 N–H and O–H groups in total. The quantitative estimate of drug-likeness (QED) is 0.478. The summed E-state index contributed by atoms with van der Waals surface area (Å²) in [4.78, 5) is 10.4. The lowest BCUT2D eigenvalue weighted by atomic mass is 9.55. The fourth-order valence-electron chi connectivity index (χ4n) is 6.06. The van der Waals surface area contributed by atoms with Crippen LogP contribution in [0.2, 0.25) is 19.6 Å². The van der Waals surface area contributed by atoms with Crippen molar-refractivity contribution in [2.45, 2.75) is 64.6 Å². The predicted octanol–water partition coefficient (Wildman–Crippen LogP) is 5.57. The molecule has 0 bridgehead atoms. The molecule has 0 aliphatic heterocycles. The molecular formula is C23H34N2O3Si. The Balaban J connectivity index is 1.72. The number of rotatable bonds is 4. The van der Waals surface area contributed by atoms with Gasteiger partial charge in [0.15, 0.2) is 0 Å². The van der Waals surface area contributed by atoms with Crippen LogP contribution in [0.1, 0.15) is 56.1 Å². The third-order valence-electron chi connectivity index (χ3n) is 7.17. The lowest BCUT2D eigenvalue weighted by Gasteiger charge is -2.49. The maximum absolute atomic E-state index is 6.27. The first-order valence-corrected chi connectivity index (χ1v) is 14.2. The van der Waals surface area contributed by atoms with Gasteiger partial charge in [-0.2, -0.15) is 0 Å². The number of fused-ring (bicyclic) bond motifs is 5. The van der Waals surface area contributed by atoms with E-state index in [0.717, 1.165) is 24.3 Å². The molecule has 0 amide bonds. The molecule has 5 nitrogen and oxygen atoms in total. The Morgan fingerprint density at radius 1 is 1.07 bits per heavy atom. The molecule has 0 radical (unpaired) electrons. The summed E-state index contributed by atoms with van der Waals surface area (Å²) in [6, 6.07) is 6.64. The number of oxime groups is 2. The fraction of sp³-hybridized carbons (Fsp3) is 0.652. The van der Waals surface area contributed by atoms with Crippen LogP contribution in [0.3, 0.4) is 0 Å². The van der Waals surface area contributed by atoms with Gasteiger partial charge in [-0.3, -0.25) is 0 Å².